The van der Waals surface area contributed by atoms with Gasteiger partial charge in [0, 0.05) is 18.3 Å². The van der Waals surface area contributed by atoms with Crippen molar-refractivity contribution in [3.8, 4) is 0 Å². The molecule has 12 heteroatoms. The zero-order valence-electron chi connectivity index (χ0n) is 22.0. The minimum Gasteiger partial charge on any atom is -0.444 e. The average molecular weight is 614 g/mol. The lowest BCUT2D eigenvalue weighted by Crippen LogP contribution is -2.46. The number of hydrogen-bond donors (Lipinski definition) is 0. The van der Waals surface area contributed by atoms with Crippen LogP contribution in [0.25, 0.3) is 0 Å². The molecule has 7 nitrogen and oxygen atoms in total. The fraction of sp³-hybridized carbons (Fsp3) is 0.370. The van der Waals surface area contributed by atoms with Crippen molar-refractivity contribution in [1.82, 2.24) is 14.0 Å². The van der Waals surface area contributed by atoms with E-state index in [4.69, 9.17) is 4.74 Å². The Kier molecular flexibility index (Phi) is 8.79. The van der Waals surface area contributed by atoms with Crippen LogP contribution in [0.4, 0.5) is 22.4 Å². The number of hydrogen-bond acceptors (Lipinski definition) is 4. The molecule has 210 valence electrons. The SMILES string of the molecule is Cc1c(Br)c(=O)n(C[C@H](c2ccccc2)N(C)C(=O)OC(C)(C)C)c(=O)n1Cc1c(F)cccc1C(F)(F)F. The van der Waals surface area contributed by atoms with E-state index in [1.54, 1.807) is 51.1 Å². The highest BCUT2D eigenvalue weighted by atomic mass is 79.9. The van der Waals surface area contributed by atoms with Gasteiger partial charge in [-0.25, -0.2) is 14.0 Å². The number of carbonyl (C=O) groups is 1. The highest BCUT2D eigenvalue weighted by Crippen LogP contribution is 2.33. The number of amides is 1. The summed E-state index contributed by atoms with van der Waals surface area (Å²) in [5, 5.41) is 0. The maximum absolute atomic E-state index is 14.6. The standard InChI is InChI=1S/C27H28BrF4N3O4/c1-16-22(28)23(36)35(24(37)34(16)14-18-19(27(30,31)32)12-9-13-20(18)29)15-21(17-10-7-6-8-11-17)33(5)25(38)39-26(2,3)4/h6-13,21H,14-15H2,1-5H3/t21-/m1/s1. The Morgan fingerprint density at radius 3 is 2.21 bits per heavy atom. The molecule has 0 unspecified atom stereocenters. The van der Waals surface area contributed by atoms with Crippen molar-refractivity contribution in [3.63, 3.8) is 0 Å². The van der Waals surface area contributed by atoms with Gasteiger partial charge in [0.2, 0.25) is 0 Å². The van der Waals surface area contributed by atoms with E-state index in [1.807, 2.05) is 0 Å². The lowest BCUT2D eigenvalue weighted by atomic mass is 10.1. The number of aromatic nitrogens is 2. The van der Waals surface area contributed by atoms with Crippen LogP contribution in [0.2, 0.25) is 0 Å². The average Bonchev–Trinajstić information content (AvgIpc) is 2.84. The van der Waals surface area contributed by atoms with Gasteiger partial charge in [0.05, 0.1) is 24.7 Å². The molecule has 0 saturated heterocycles. The number of rotatable bonds is 6. The Balaban J connectivity index is 2.16. The fourth-order valence-corrected chi connectivity index (χ4v) is 4.45. The molecule has 0 radical (unpaired) electrons. The maximum atomic E-state index is 14.6. The van der Waals surface area contributed by atoms with Crippen LogP contribution in [0.3, 0.4) is 0 Å². The third kappa shape index (κ3) is 6.78. The zero-order chi connectivity index (χ0) is 29.3. The van der Waals surface area contributed by atoms with Gasteiger partial charge in [0.15, 0.2) is 0 Å². The van der Waals surface area contributed by atoms with Gasteiger partial charge < -0.3 is 9.64 Å². The summed E-state index contributed by atoms with van der Waals surface area (Å²) in [4.78, 5) is 41.0. The van der Waals surface area contributed by atoms with Crippen LogP contribution in [0, 0.1) is 12.7 Å². The van der Waals surface area contributed by atoms with Crippen LogP contribution in [-0.2, 0) is 24.0 Å². The van der Waals surface area contributed by atoms with Gasteiger partial charge in [-0.1, -0.05) is 36.4 Å². The van der Waals surface area contributed by atoms with E-state index in [0.717, 1.165) is 27.3 Å². The van der Waals surface area contributed by atoms with Gasteiger partial charge in [0.25, 0.3) is 5.56 Å². The first-order valence-electron chi connectivity index (χ1n) is 11.9. The lowest BCUT2D eigenvalue weighted by molar-refractivity contribution is -0.138. The molecule has 1 heterocycles. The molecule has 0 spiro atoms. The van der Waals surface area contributed by atoms with Crippen molar-refractivity contribution < 1.29 is 27.1 Å². The number of carbonyl (C=O) groups excluding carboxylic acids is 1. The Hall–Kier alpha value is -3.41. The first-order chi connectivity index (χ1) is 18.0. The van der Waals surface area contributed by atoms with Crippen molar-refractivity contribution in [2.75, 3.05) is 7.05 Å². The first kappa shape index (κ1) is 30.1. The Morgan fingerprint density at radius 1 is 1.03 bits per heavy atom. The van der Waals surface area contributed by atoms with Gasteiger partial charge in [-0.05, 0) is 61.3 Å². The molecule has 0 fully saturated rings. The number of ether oxygens (including phenoxy) is 1. The smallest absolute Gasteiger partial charge is 0.416 e. The summed E-state index contributed by atoms with van der Waals surface area (Å²) in [6.07, 6.45) is -5.58. The van der Waals surface area contributed by atoms with E-state index in [0.29, 0.717) is 5.56 Å². The van der Waals surface area contributed by atoms with E-state index >= 15 is 0 Å². The van der Waals surface area contributed by atoms with Crippen LogP contribution >= 0.6 is 15.9 Å². The van der Waals surface area contributed by atoms with E-state index in [1.165, 1.54) is 18.9 Å². The molecule has 0 aliphatic carbocycles. The van der Waals surface area contributed by atoms with Crippen LogP contribution in [0.5, 0.6) is 0 Å². The Morgan fingerprint density at radius 2 is 1.64 bits per heavy atom. The second-order valence-electron chi connectivity index (χ2n) is 9.97. The molecule has 1 amide bonds. The van der Waals surface area contributed by atoms with Gasteiger partial charge in [-0.3, -0.25) is 13.9 Å². The van der Waals surface area contributed by atoms with E-state index in [-0.39, 0.29) is 16.7 Å². The van der Waals surface area contributed by atoms with Crippen LogP contribution in [-0.4, -0.2) is 32.8 Å². The molecule has 1 atom stereocenters. The number of likely N-dealkylation sites (N-methyl/N-ethyl adjacent to an activating group) is 1. The maximum Gasteiger partial charge on any atom is 0.416 e. The highest BCUT2D eigenvalue weighted by Gasteiger charge is 2.35. The topological polar surface area (TPSA) is 73.5 Å². The summed E-state index contributed by atoms with van der Waals surface area (Å²) in [5.74, 6) is -1.14. The second-order valence-corrected chi connectivity index (χ2v) is 10.8. The molecular formula is C27H28BrF4N3O4. The number of alkyl halides is 3. The van der Waals surface area contributed by atoms with Gasteiger partial charge >= 0.3 is 18.0 Å². The summed E-state index contributed by atoms with van der Waals surface area (Å²) in [5.41, 5.74) is -3.90. The Bertz CT molecular complexity index is 1480. The zero-order valence-corrected chi connectivity index (χ0v) is 23.6. The number of halogens is 5. The highest BCUT2D eigenvalue weighted by molar-refractivity contribution is 9.10. The molecule has 2 aromatic carbocycles. The molecule has 3 rings (SSSR count). The van der Waals surface area contributed by atoms with E-state index < -0.39 is 58.7 Å². The minimum atomic E-state index is -4.87. The number of nitrogens with zero attached hydrogens (tertiary/aromatic N) is 3. The molecule has 0 saturated carbocycles. The predicted octanol–water partition coefficient (Wildman–Crippen LogP) is 5.90. The molecule has 0 aliphatic heterocycles. The molecule has 0 aliphatic rings. The predicted molar refractivity (Wildman–Crippen MR) is 141 cm³/mol. The third-order valence-electron chi connectivity index (χ3n) is 6.05. The van der Waals surface area contributed by atoms with Gasteiger partial charge in [-0.15, -0.1) is 0 Å². The van der Waals surface area contributed by atoms with E-state index in [9.17, 15) is 31.9 Å². The second kappa shape index (κ2) is 11.4. The molecule has 39 heavy (non-hydrogen) atoms. The summed E-state index contributed by atoms with van der Waals surface area (Å²) < 4.78 is 62.6. The largest absolute Gasteiger partial charge is 0.444 e. The van der Waals surface area contributed by atoms with Crippen LogP contribution < -0.4 is 11.2 Å². The van der Waals surface area contributed by atoms with Gasteiger partial charge in [-0.2, -0.15) is 13.2 Å². The molecular weight excluding hydrogens is 586 g/mol. The molecule has 3 aromatic rings. The third-order valence-corrected chi connectivity index (χ3v) is 6.96. The summed E-state index contributed by atoms with van der Waals surface area (Å²) in [6, 6.07) is 10.3. The van der Waals surface area contributed by atoms with Crippen molar-refractivity contribution in [2.45, 2.75) is 58.6 Å². The quantitative estimate of drug-likeness (QED) is 0.325. The monoisotopic (exact) mass is 613 g/mol. The summed E-state index contributed by atoms with van der Waals surface area (Å²) >= 11 is 3.14. The molecule has 1 aromatic heterocycles. The summed E-state index contributed by atoms with van der Waals surface area (Å²) in [6.45, 7) is 5.31. The fourth-order valence-electron chi connectivity index (χ4n) is 4.02. The normalized spacial score (nSPS) is 12.8. The van der Waals surface area contributed by atoms with Crippen molar-refractivity contribution in [1.29, 1.82) is 0 Å². The van der Waals surface area contributed by atoms with Crippen molar-refractivity contribution >= 4 is 22.0 Å². The summed E-state index contributed by atoms with van der Waals surface area (Å²) in [7, 11) is 1.45. The Labute approximate surface area is 230 Å². The van der Waals surface area contributed by atoms with Crippen LogP contribution in [0.15, 0.2) is 62.6 Å². The molecule has 0 N–H and O–H groups in total. The lowest BCUT2D eigenvalue weighted by Gasteiger charge is -2.31. The molecule has 0 bridgehead atoms. The van der Waals surface area contributed by atoms with E-state index in [2.05, 4.69) is 15.9 Å². The van der Waals surface area contributed by atoms with Crippen LogP contribution in [0.1, 0.15) is 49.2 Å². The minimum absolute atomic E-state index is 0.0226. The first-order valence-corrected chi connectivity index (χ1v) is 12.7. The van der Waals surface area contributed by atoms with Crippen molar-refractivity contribution in [2.24, 2.45) is 0 Å². The van der Waals surface area contributed by atoms with Crippen molar-refractivity contribution in [3.05, 3.63) is 102 Å². The van der Waals surface area contributed by atoms with Gasteiger partial charge in [0.1, 0.15) is 15.9 Å². The number of benzene rings is 2.